The summed E-state index contributed by atoms with van der Waals surface area (Å²) < 4.78 is 0. The van der Waals surface area contributed by atoms with Gasteiger partial charge in [-0.25, -0.2) is 4.79 Å². The maximum Gasteiger partial charge on any atom is 0.320 e. The summed E-state index contributed by atoms with van der Waals surface area (Å²) in [6, 6.07) is 2.55. The van der Waals surface area contributed by atoms with Crippen LogP contribution >= 0.6 is 0 Å². The number of likely N-dealkylation sites (tertiary alicyclic amines) is 1. The van der Waals surface area contributed by atoms with E-state index in [2.05, 4.69) is 15.1 Å². The van der Waals surface area contributed by atoms with Crippen LogP contribution < -0.4 is 5.32 Å². The van der Waals surface area contributed by atoms with Crippen LogP contribution in [0.1, 0.15) is 52.8 Å². The minimum absolute atomic E-state index is 0. The largest absolute Gasteiger partial charge is 0.323 e. The van der Waals surface area contributed by atoms with Crippen molar-refractivity contribution in [2.45, 2.75) is 75.5 Å². The van der Waals surface area contributed by atoms with Crippen LogP contribution in [0.3, 0.4) is 0 Å². The quantitative estimate of drug-likeness (QED) is 0.846. The molecule has 0 aromatic carbocycles. The Hall–Kier alpha value is -0.810. The van der Waals surface area contributed by atoms with Gasteiger partial charge in [-0.05, 0) is 51.6 Å². The molecule has 1 saturated carbocycles. The third-order valence-corrected chi connectivity index (χ3v) is 6.79. The lowest BCUT2D eigenvalue weighted by molar-refractivity contribution is 0.0725. The Morgan fingerprint density at radius 2 is 1.57 bits per heavy atom. The summed E-state index contributed by atoms with van der Waals surface area (Å²) in [5.74, 6) is 0. The van der Waals surface area contributed by atoms with Crippen molar-refractivity contribution in [1.82, 2.24) is 20.0 Å². The van der Waals surface area contributed by atoms with E-state index >= 15 is 0 Å². The standard InChI is InChI=1S/C18H32N4O.H2/c1-20-16-4-2-3-5-17(16)22(18(20)23)15-8-12-21(13-9-15)14-6-10-19-11-7-14;/h14-17,19H,2-13H2,1H3;1H/t16-,17-;/m0./s1. The first-order valence-corrected chi connectivity index (χ1v) is 9.75. The SMILES string of the molecule is CN1C(=O)N(C2CCN(C3CCNCC3)CC2)[C@H]2CCCC[C@@H]21.[HH]. The van der Waals surface area contributed by atoms with E-state index in [4.69, 9.17) is 0 Å². The summed E-state index contributed by atoms with van der Waals surface area (Å²) in [6.07, 6.45) is 9.95. The van der Waals surface area contributed by atoms with Gasteiger partial charge in [-0.3, -0.25) is 0 Å². The van der Waals surface area contributed by atoms with E-state index in [1.54, 1.807) is 0 Å². The predicted molar refractivity (Wildman–Crippen MR) is 93.6 cm³/mol. The topological polar surface area (TPSA) is 38.8 Å². The second-order valence-corrected chi connectivity index (χ2v) is 7.97. The van der Waals surface area contributed by atoms with Crippen LogP contribution in [0.15, 0.2) is 0 Å². The van der Waals surface area contributed by atoms with E-state index in [0.717, 1.165) is 6.04 Å². The summed E-state index contributed by atoms with van der Waals surface area (Å²) in [7, 11) is 2.02. The molecule has 3 saturated heterocycles. The lowest BCUT2D eigenvalue weighted by Crippen LogP contribution is -2.53. The van der Waals surface area contributed by atoms with E-state index in [9.17, 15) is 4.79 Å². The van der Waals surface area contributed by atoms with Gasteiger partial charge in [0.1, 0.15) is 0 Å². The van der Waals surface area contributed by atoms with E-state index in [-0.39, 0.29) is 1.43 Å². The van der Waals surface area contributed by atoms with Crippen LogP contribution in [0.4, 0.5) is 4.79 Å². The van der Waals surface area contributed by atoms with Crippen molar-refractivity contribution >= 4 is 6.03 Å². The fourth-order valence-corrected chi connectivity index (χ4v) is 5.46. The van der Waals surface area contributed by atoms with Crippen LogP contribution in [0.2, 0.25) is 0 Å². The first-order chi connectivity index (χ1) is 11.3. The molecule has 0 aromatic heterocycles. The molecule has 5 nitrogen and oxygen atoms in total. The van der Waals surface area contributed by atoms with Crippen LogP contribution in [-0.2, 0) is 0 Å². The molecule has 4 aliphatic rings. The van der Waals surface area contributed by atoms with Crippen LogP contribution in [0.25, 0.3) is 0 Å². The molecule has 0 spiro atoms. The number of nitrogens with one attached hydrogen (secondary N) is 1. The Morgan fingerprint density at radius 1 is 0.913 bits per heavy atom. The number of hydrogen-bond donors (Lipinski definition) is 1. The monoisotopic (exact) mass is 322 g/mol. The second kappa shape index (κ2) is 6.60. The number of nitrogens with zero attached hydrogens (tertiary/aromatic N) is 3. The second-order valence-electron chi connectivity index (χ2n) is 7.97. The number of carbonyl (C=O) groups is 1. The van der Waals surface area contributed by atoms with Crippen molar-refractivity contribution in [3.63, 3.8) is 0 Å². The van der Waals surface area contributed by atoms with E-state index in [1.165, 1.54) is 77.5 Å². The number of piperidine rings is 2. The van der Waals surface area contributed by atoms with Gasteiger partial charge < -0.3 is 20.0 Å². The molecule has 0 aromatic rings. The Kier molecular flexibility index (Phi) is 4.50. The molecule has 0 bridgehead atoms. The van der Waals surface area contributed by atoms with Crippen LogP contribution in [-0.4, -0.2) is 78.1 Å². The lowest BCUT2D eigenvalue weighted by atomic mass is 9.88. The fraction of sp³-hybridized carbons (Fsp3) is 0.944. The van der Waals surface area contributed by atoms with Crippen LogP contribution in [0.5, 0.6) is 0 Å². The number of likely N-dealkylation sites (N-methyl/N-ethyl adjacent to an activating group) is 1. The third-order valence-electron chi connectivity index (χ3n) is 6.79. The molecule has 2 amide bonds. The van der Waals surface area contributed by atoms with Gasteiger partial charge >= 0.3 is 6.03 Å². The van der Waals surface area contributed by atoms with E-state index in [0.29, 0.717) is 24.2 Å². The predicted octanol–water partition coefficient (Wildman–Crippen LogP) is 2.13. The molecule has 1 N–H and O–H groups in total. The van der Waals surface area contributed by atoms with Gasteiger partial charge in [-0.1, -0.05) is 12.8 Å². The van der Waals surface area contributed by atoms with Gasteiger partial charge in [0, 0.05) is 33.6 Å². The van der Waals surface area contributed by atoms with Crippen molar-refractivity contribution in [3.8, 4) is 0 Å². The molecule has 5 heteroatoms. The van der Waals surface area contributed by atoms with Crippen LogP contribution in [0, 0.1) is 0 Å². The molecule has 1 aliphatic carbocycles. The summed E-state index contributed by atoms with van der Waals surface area (Å²) in [4.78, 5) is 19.8. The molecule has 0 unspecified atom stereocenters. The Labute approximate surface area is 141 Å². The zero-order valence-corrected chi connectivity index (χ0v) is 14.5. The molecule has 4 fully saturated rings. The molecule has 4 rings (SSSR count). The van der Waals surface area contributed by atoms with Gasteiger partial charge in [0.25, 0.3) is 0 Å². The highest BCUT2D eigenvalue weighted by Gasteiger charge is 2.47. The Bertz CT molecular complexity index is 435. The van der Waals surface area contributed by atoms with Crippen molar-refractivity contribution < 1.29 is 6.22 Å². The minimum Gasteiger partial charge on any atom is -0.323 e. The van der Waals surface area contributed by atoms with E-state index in [1.807, 2.05) is 11.9 Å². The van der Waals surface area contributed by atoms with Crippen molar-refractivity contribution in [1.29, 1.82) is 0 Å². The maximum absolute atomic E-state index is 12.8. The molecule has 0 radical (unpaired) electrons. The number of fused-ring (bicyclic) bond motifs is 1. The van der Waals surface area contributed by atoms with Crippen molar-refractivity contribution in [2.24, 2.45) is 0 Å². The highest BCUT2D eigenvalue weighted by atomic mass is 16.2. The minimum atomic E-state index is 0. The molecular formula is C18H34N4O. The first-order valence-electron chi connectivity index (χ1n) is 9.75. The molecule has 132 valence electrons. The number of urea groups is 1. The normalized spacial score (nSPS) is 34.9. The smallest absolute Gasteiger partial charge is 0.320 e. The number of amides is 2. The van der Waals surface area contributed by atoms with Crippen molar-refractivity contribution in [3.05, 3.63) is 0 Å². The third kappa shape index (κ3) is 2.86. The number of rotatable bonds is 2. The maximum atomic E-state index is 12.8. The van der Waals surface area contributed by atoms with Gasteiger partial charge in [0.15, 0.2) is 0 Å². The average molecular weight is 322 g/mol. The summed E-state index contributed by atoms with van der Waals surface area (Å²) >= 11 is 0. The van der Waals surface area contributed by atoms with Crippen molar-refractivity contribution in [2.75, 3.05) is 33.2 Å². The van der Waals surface area contributed by atoms with E-state index < -0.39 is 0 Å². The van der Waals surface area contributed by atoms with Gasteiger partial charge in [-0.15, -0.1) is 0 Å². The summed E-state index contributed by atoms with van der Waals surface area (Å²) in [5, 5.41) is 3.46. The molecular weight excluding hydrogens is 288 g/mol. The number of hydrogen-bond acceptors (Lipinski definition) is 3. The fourth-order valence-electron chi connectivity index (χ4n) is 5.46. The first kappa shape index (κ1) is 15.7. The molecule has 3 aliphatic heterocycles. The Morgan fingerprint density at radius 3 is 2.26 bits per heavy atom. The summed E-state index contributed by atoms with van der Waals surface area (Å²) in [6.45, 7) is 4.70. The summed E-state index contributed by atoms with van der Waals surface area (Å²) in [5.41, 5.74) is 0. The highest BCUT2D eigenvalue weighted by Crippen LogP contribution is 2.36. The molecule has 2 atom stereocenters. The zero-order chi connectivity index (χ0) is 15.8. The molecule has 3 heterocycles. The molecule has 23 heavy (non-hydrogen) atoms. The lowest BCUT2D eigenvalue weighted by Gasteiger charge is -2.43. The highest BCUT2D eigenvalue weighted by molar-refractivity contribution is 5.78. The number of carbonyl (C=O) groups excluding carboxylic acids is 1. The van der Waals surface area contributed by atoms with Gasteiger partial charge in [0.05, 0.1) is 12.1 Å². The Balaban J connectivity index is 0.00000169. The van der Waals surface area contributed by atoms with Gasteiger partial charge in [0.2, 0.25) is 0 Å². The zero-order valence-electron chi connectivity index (χ0n) is 14.5. The van der Waals surface area contributed by atoms with Gasteiger partial charge in [-0.2, -0.15) is 0 Å². The average Bonchev–Trinajstić information content (AvgIpc) is 2.87.